The fourth-order valence-corrected chi connectivity index (χ4v) is 1.38. The van der Waals surface area contributed by atoms with Gasteiger partial charge >= 0.3 is 0 Å². The summed E-state index contributed by atoms with van der Waals surface area (Å²) in [5, 5.41) is 3.91. The first-order valence-electron chi connectivity index (χ1n) is 5.27. The van der Waals surface area contributed by atoms with E-state index in [1.54, 1.807) is 13.3 Å². The Kier molecular flexibility index (Phi) is 3.19. The van der Waals surface area contributed by atoms with Crippen LogP contribution in [-0.4, -0.2) is 19.2 Å². The fourth-order valence-electron chi connectivity index (χ4n) is 1.38. The minimum Gasteiger partial charge on any atom is -0.496 e. The third-order valence-electron chi connectivity index (χ3n) is 2.47. The first-order valence-corrected chi connectivity index (χ1v) is 5.27. The standard InChI is InChI=1S/C12H14N2O2/c1-16-11-5-3-2-4-10(11)8-13-14-12(15)9-6-7-9/h2-5,8-9H,6-7H2,1H3,(H,14,15)/b13-8+. The quantitative estimate of drug-likeness (QED) is 0.616. The number of ether oxygens (including phenoxy) is 1. The van der Waals surface area contributed by atoms with Gasteiger partial charge in [-0.25, -0.2) is 5.43 Å². The minimum absolute atomic E-state index is 0.00569. The maximum Gasteiger partial charge on any atom is 0.243 e. The molecule has 0 spiro atoms. The van der Waals surface area contributed by atoms with Crippen LogP contribution in [0.15, 0.2) is 29.4 Å². The number of hydrogen-bond acceptors (Lipinski definition) is 3. The summed E-state index contributed by atoms with van der Waals surface area (Å²) >= 11 is 0. The lowest BCUT2D eigenvalue weighted by molar-refractivity contribution is -0.122. The predicted molar refractivity (Wildman–Crippen MR) is 61.5 cm³/mol. The van der Waals surface area contributed by atoms with Gasteiger partial charge in [-0.05, 0) is 25.0 Å². The smallest absolute Gasteiger partial charge is 0.243 e. The highest BCUT2D eigenvalue weighted by atomic mass is 16.5. The van der Waals surface area contributed by atoms with E-state index in [2.05, 4.69) is 10.5 Å². The molecule has 0 aliphatic heterocycles. The number of hydrazone groups is 1. The van der Waals surface area contributed by atoms with Crippen molar-refractivity contribution in [2.24, 2.45) is 11.0 Å². The number of hydrogen-bond donors (Lipinski definition) is 1. The van der Waals surface area contributed by atoms with Gasteiger partial charge in [0.1, 0.15) is 5.75 Å². The molecule has 1 fully saturated rings. The van der Waals surface area contributed by atoms with Gasteiger partial charge in [0, 0.05) is 11.5 Å². The monoisotopic (exact) mass is 218 g/mol. The molecule has 0 radical (unpaired) electrons. The Labute approximate surface area is 94.3 Å². The van der Waals surface area contributed by atoms with Gasteiger partial charge in [-0.15, -0.1) is 0 Å². The Bertz CT molecular complexity index is 411. The minimum atomic E-state index is 0.00569. The lowest BCUT2D eigenvalue weighted by atomic mass is 10.2. The second-order valence-corrected chi connectivity index (χ2v) is 3.75. The van der Waals surface area contributed by atoms with Crippen molar-refractivity contribution < 1.29 is 9.53 Å². The molecule has 1 N–H and O–H groups in total. The number of amides is 1. The van der Waals surface area contributed by atoms with Crippen molar-refractivity contribution >= 4 is 12.1 Å². The molecular formula is C12H14N2O2. The number of nitrogens with zero attached hydrogens (tertiary/aromatic N) is 1. The lowest BCUT2D eigenvalue weighted by Gasteiger charge is -2.02. The summed E-state index contributed by atoms with van der Waals surface area (Å²) in [5.74, 6) is 0.924. The molecular weight excluding hydrogens is 204 g/mol. The molecule has 0 atom stereocenters. The van der Waals surface area contributed by atoms with Crippen LogP contribution in [0, 0.1) is 5.92 Å². The van der Waals surface area contributed by atoms with Crippen molar-refractivity contribution in [1.82, 2.24) is 5.43 Å². The molecule has 1 saturated carbocycles. The van der Waals surface area contributed by atoms with Crippen molar-refractivity contribution in [1.29, 1.82) is 0 Å². The van der Waals surface area contributed by atoms with Crippen molar-refractivity contribution in [2.45, 2.75) is 12.8 Å². The first-order chi connectivity index (χ1) is 7.81. The van der Waals surface area contributed by atoms with Gasteiger partial charge < -0.3 is 4.74 Å². The summed E-state index contributed by atoms with van der Waals surface area (Å²) in [5.41, 5.74) is 3.37. The third kappa shape index (κ3) is 2.59. The number of nitrogens with one attached hydrogen (secondary N) is 1. The molecule has 1 aliphatic rings. The van der Waals surface area contributed by atoms with Crippen LogP contribution in [0.4, 0.5) is 0 Å². The van der Waals surface area contributed by atoms with Crippen LogP contribution in [0.3, 0.4) is 0 Å². The first kappa shape index (κ1) is 10.7. The van der Waals surface area contributed by atoms with Crippen LogP contribution < -0.4 is 10.2 Å². The van der Waals surface area contributed by atoms with Gasteiger partial charge in [-0.3, -0.25) is 4.79 Å². The highest BCUT2D eigenvalue weighted by molar-refractivity contribution is 5.86. The molecule has 0 saturated heterocycles. The number of methoxy groups -OCH3 is 1. The Morgan fingerprint density at radius 2 is 2.25 bits per heavy atom. The zero-order valence-corrected chi connectivity index (χ0v) is 9.14. The average molecular weight is 218 g/mol. The third-order valence-corrected chi connectivity index (χ3v) is 2.47. The van der Waals surface area contributed by atoms with Crippen LogP contribution in [-0.2, 0) is 4.79 Å². The van der Waals surface area contributed by atoms with Gasteiger partial charge in [-0.1, -0.05) is 12.1 Å². The highest BCUT2D eigenvalue weighted by Crippen LogP contribution is 2.28. The average Bonchev–Trinajstić information content (AvgIpc) is 3.13. The molecule has 0 bridgehead atoms. The van der Waals surface area contributed by atoms with E-state index in [4.69, 9.17) is 4.74 Å². The molecule has 4 heteroatoms. The predicted octanol–water partition coefficient (Wildman–Crippen LogP) is 1.56. The van der Waals surface area contributed by atoms with Crippen LogP contribution in [0.25, 0.3) is 0 Å². The van der Waals surface area contributed by atoms with Crippen molar-refractivity contribution in [3.05, 3.63) is 29.8 Å². The van der Waals surface area contributed by atoms with Crippen LogP contribution in [0.2, 0.25) is 0 Å². The van der Waals surface area contributed by atoms with E-state index in [9.17, 15) is 4.79 Å². The number of rotatable bonds is 4. The Morgan fingerprint density at radius 1 is 1.50 bits per heavy atom. The highest BCUT2D eigenvalue weighted by Gasteiger charge is 2.29. The molecule has 1 aliphatic carbocycles. The summed E-state index contributed by atoms with van der Waals surface area (Å²) < 4.78 is 5.16. The largest absolute Gasteiger partial charge is 0.496 e. The molecule has 84 valence electrons. The van der Waals surface area contributed by atoms with E-state index < -0.39 is 0 Å². The molecule has 1 amide bonds. The van der Waals surface area contributed by atoms with Crippen LogP contribution in [0.1, 0.15) is 18.4 Å². The van der Waals surface area contributed by atoms with E-state index in [0.29, 0.717) is 0 Å². The molecule has 0 unspecified atom stereocenters. The summed E-state index contributed by atoms with van der Waals surface area (Å²) in [7, 11) is 1.61. The van der Waals surface area contributed by atoms with E-state index in [-0.39, 0.29) is 11.8 Å². The molecule has 16 heavy (non-hydrogen) atoms. The van der Waals surface area contributed by atoms with E-state index in [0.717, 1.165) is 24.2 Å². The second-order valence-electron chi connectivity index (χ2n) is 3.75. The normalized spacial score (nSPS) is 15.1. The molecule has 4 nitrogen and oxygen atoms in total. The molecule has 0 heterocycles. The Hall–Kier alpha value is -1.84. The second kappa shape index (κ2) is 4.79. The number of benzene rings is 1. The van der Waals surface area contributed by atoms with Crippen molar-refractivity contribution in [2.75, 3.05) is 7.11 Å². The number of para-hydroxylation sites is 1. The number of carbonyl (C=O) groups is 1. The Morgan fingerprint density at radius 3 is 2.94 bits per heavy atom. The van der Waals surface area contributed by atoms with Gasteiger partial charge in [0.15, 0.2) is 0 Å². The van der Waals surface area contributed by atoms with Gasteiger partial charge in [-0.2, -0.15) is 5.10 Å². The van der Waals surface area contributed by atoms with E-state index in [1.807, 2.05) is 24.3 Å². The summed E-state index contributed by atoms with van der Waals surface area (Å²) in [4.78, 5) is 11.3. The summed E-state index contributed by atoms with van der Waals surface area (Å²) in [6.45, 7) is 0. The van der Waals surface area contributed by atoms with Gasteiger partial charge in [0.25, 0.3) is 0 Å². The zero-order valence-electron chi connectivity index (χ0n) is 9.14. The fraction of sp³-hybridized carbons (Fsp3) is 0.333. The maximum absolute atomic E-state index is 11.3. The Balaban J connectivity index is 1.96. The summed E-state index contributed by atoms with van der Waals surface area (Å²) in [6, 6.07) is 7.52. The molecule has 1 aromatic carbocycles. The lowest BCUT2D eigenvalue weighted by Crippen LogP contribution is -2.18. The maximum atomic E-state index is 11.3. The SMILES string of the molecule is COc1ccccc1/C=N/NC(=O)C1CC1. The topological polar surface area (TPSA) is 50.7 Å². The van der Waals surface area contributed by atoms with Crippen molar-refractivity contribution in [3.8, 4) is 5.75 Å². The molecule has 0 aromatic heterocycles. The van der Waals surface area contributed by atoms with Gasteiger partial charge in [0.2, 0.25) is 5.91 Å². The van der Waals surface area contributed by atoms with E-state index >= 15 is 0 Å². The molecule has 1 aromatic rings. The molecule has 2 rings (SSSR count). The number of carbonyl (C=O) groups excluding carboxylic acids is 1. The van der Waals surface area contributed by atoms with Gasteiger partial charge in [0.05, 0.1) is 13.3 Å². The van der Waals surface area contributed by atoms with Crippen LogP contribution in [0.5, 0.6) is 5.75 Å². The zero-order chi connectivity index (χ0) is 11.4. The van der Waals surface area contributed by atoms with Crippen molar-refractivity contribution in [3.63, 3.8) is 0 Å². The van der Waals surface area contributed by atoms with E-state index in [1.165, 1.54) is 0 Å². The van der Waals surface area contributed by atoms with Crippen LogP contribution >= 0.6 is 0 Å². The summed E-state index contributed by atoms with van der Waals surface area (Å²) in [6.07, 6.45) is 3.56.